The van der Waals surface area contributed by atoms with Gasteiger partial charge in [-0.2, -0.15) is 0 Å². The van der Waals surface area contributed by atoms with Gasteiger partial charge in [-0.3, -0.25) is 0 Å². The highest BCUT2D eigenvalue weighted by atomic mass is 16.5. The maximum absolute atomic E-state index is 5.90. The van der Waals surface area contributed by atoms with Gasteiger partial charge in [0, 0.05) is 17.8 Å². The van der Waals surface area contributed by atoms with E-state index in [1.165, 1.54) is 32.1 Å². The molecule has 3 N–H and O–H groups in total. The van der Waals surface area contributed by atoms with Gasteiger partial charge in [-0.05, 0) is 37.8 Å². The number of ether oxygens (including phenoxy) is 1. The minimum absolute atomic E-state index is 0.594. The van der Waals surface area contributed by atoms with Gasteiger partial charge in [0.05, 0.1) is 12.3 Å². The SMILES string of the molecule is CCOc1cc(NC2CCCC(CC)C2)ccc1N. The van der Waals surface area contributed by atoms with Crippen molar-refractivity contribution in [2.24, 2.45) is 5.92 Å². The molecule has 0 bridgehead atoms. The normalized spacial score (nSPS) is 23.1. The summed E-state index contributed by atoms with van der Waals surface area (Å²) in [7, 11) is 0. The van der Waals surface area contributed by atoms with Crippen molar-refractivity contribution in [2.75, 3.05) is 17.7 Å². The fourth-order valence-electron chi connectivity index (χ4n) is 2.93. The number of nitrogens with two attached hydrogens (primary N) is 1. The van der Waals surface area contributed by atoms with Crippen molar-refractivity contribution in [2.45, 2.75) is 52.0 Å². The Balaban J connectivity index is 2.00. The van der Waals surface area contributed by atoms with E-state index in [1.807, 2.05) is 25.1 Å². The van der Waals surface area contributed by atoms with E-state index in [9.17, 15) is 0 Å². The third-order valence-corrected chi connectivity index (χ3v) is 4.04. The Hall–Kier alpha value is -1.38. The number of hydrogen-bond donors (Lipinski definition) is 2. The van der Waals surface area contributed by atoms with Crippen LogP contribution in [0, 0.1) is 5.92 Å². The van der Waals surface area contributed by atoms with Crippen LogP contribution >= 0.6 is 0 Å². The second kappa shape index (κ2) is 6.69. The lowest BCUT2D eigenvalue weighted by Crippen LogP contribution is -2.27. The van der Waals surface area contributed by atoms with E-state index in [1.54, 1.807) is 0 Å². The molecule has 2 unspecified atom stereocenters. The van der Waals surface area contributed by atoms with E-state index >= 15 is 0 Å². The Morgan fingerprint density at radius 3 is 2.89 bits per heavy atom. The smallest absolute Gasteiger partial charge is 0.144 e. The van der Waals surface area contributed by atoms with Gasteiger partial charge in [0.2, 0.25) is 0 Å². The van der Waals surface area contributed by atoms with Crippen LogP contribution in [0.15, 0.2) is 18.2 Å². The molecule has 0 radical (unpaired) electrons. The Kier molecular flexibility index (Phi) is 4.94. The number of rotatable bonds is 5. The van der Waals surface area contributed by atoms with Gasteiger partial charge < -0.3 is 15.8 Å². The summed E-state index contributed by atoms with van der Waals surface area (Å²) in [6.45, 7) is 4.92. The molecule has 1 aliphatic rings. The lowest BCUT2D eigenvalue weighted by molar-refractivity contribution is 0.327. The lowest BCUT2D eigenvalue weighted by Gasteiger charge is -2.30. The number of hydrogen-bond acceptors (Lipinski definition) is 3. The molecule has 1 fully saturated rings. The molecule has 0 saturated heterocycles. The molecule has 1 aromatic rings. The van der Waals surface area contributed by atoms with Crippen molar-refractivity contribution < 1.29 is 4.74 Å². The topological polar surface area (TPSA) is 47.3 Å². The highest BCUT2D eigenvalue weighted by Gasteiger charge is 2.20. The minimum atomic E-state index is 0.594. The maximum Gasteiger partial charge on any atom is 0.144 e. The van der Waals surface area contributed by atoms with E-state index in [4.69, 9.17) is 10.5 Å². The zero-order chi connectivity index (χ0) is 13.7. The Bertz CT molecular complexity index is 406. The summed E-state index contributed by atoms with van der Waals surface area (Å²) in [5.41, 5.74) is 7.73. The van der Waals surface area contributed by atoms with Crippen molar-refractivity contribution in [3.05, 3.63) is 18.2 Å². The third kappa shape index (κ3) is 3.79. The van der Waals surface area contributed by atoms with E-state index < -0.39 is 0 Å². The van der Waals surface area contributed by atoms with Crippen LogP contribution in [0.4, 0.5) is 11.4 Å². The third-order valence-electron chi connectivity index (χ3n) is 4.04. The van der Waals surface area contributed by atoms with Gasteiger partial charge >= 0.3 is 0 Å². The Labute approximate surface area is 116 Å². The second-order valence-corrected chi connectivity index (χ2v) is 5.47. The molecule has 0 aliphatic heterocycles. The monoisotopic (exact) mass is 262 g/mol. The standard InChI is InChI=1S/C16H26N2O/c1-3-12-6-5-7-13(10-12)18-14-8-9-15(17)16(11-14)19-4-2/h8-9,11-13,18H,3-7,10,17H2,1-2H3. The molecule has 0 amide bonds. The second-order valence-electron chi connectivity index (χ2n) is 5.47. The number of nitrogens with one attached hydrogen (secondary N) is 1. The molecule has 0 spiro atoms. The van der Waals surface area contributed by atoms with Gasteiger partial charge in [-0.1, -0.05) is 26.2 Å². The molecular weight excluding hydrogens is 236 g/mol. The predicted octanol–water partition coefficient (Wildman–Crippen LogP) is 4.05. The largest absolute Gasteiger partial charge is 0.492 e. The number of benzene rings is 1. The summed E-state index contributed by atoms with van der Waals surface area (Å²) >= 11 is 0. The van der Waals surface area contributed by atoms with Crippen LogP contribution in [0.3, 0.4) is 0 Å². The van der Waals surface area contributed by atoms with Crippen molar-refractivity contribution in [1.82, 2.24) is 0 Å². The molecule has 106 valence electrons. The average molecular weight is 262 g/mol. The predicted molar refractivity (Wildman–Crippen MR) is 81.7 cm³/mol. The molecule has 2 rings (SSSR count). The quantitative estimate of drug-likeness (QED) is 0.787. The van der Waals surface area contributed by atoms with Crippen LogP contribution in [0.1, 0.15) is 46.0 Å². The average Bonchev–Trinajstić information content (AvgIpc) is 2.43. The van der Waals surface area contributed by atoms with E-state index in [2.05, 4.69) is 12.2 Å². The molecule has 1 aliphatic carbocycles. The summed E-state index contributed by atoms with van der Waals surface area (Å²) in [6, 6.07) is 6.59. The minimum Gasteiger partial charge on any atom is -0.492 e. The van der Waals surface area contributed by atoms with E-state index in [0.717, 1.165) is 17.4 Å². The zero-order valence-corrected chi connectivity index (χ0v) is 12.1. The Morgan fingerprint density at radius 1 is 1.32 bits per heavy atom. The summed E-state index contributed by atoms with van der Waals surface area (Å²) < 4.78 is 5.54. The van der Waals surface area contributed by atoms with Crippen LogP contribution in [-0.2, 0) is 0 Å². The highest BCUT2D eigenvalue weighted by Crippen LogP contribution is 2.31. The number of anilines is 2. The van der Waals surface area contributed by atoms with E-state index in [0.29, 0.717) is 18.3 Å². The van der Waals surface area contributed by atoms with Crippen LogP contribution in [0.2, 0.25) is 0 Å². The van der Waals surface area contributed by atoms with Crippen molar-refractivity contribution in [1.29, 1.82) is 0 Å². The zero-order valence-electron chi connectivity index (χ0n) is 12.1. The first-order valence-electron chi connectivity index (χ1n) is 7.51. The summed E-state index contributed by atoms with van der Waals surface area (Å²) in [5.74, 6) is 1.67. The molecule has 1 aromatic carbocycles. The first kappa shape index (κ1) is 14.0. The molecule has 1 saturated carbocycles. The molecule has 19 heavy (non-hydrogen) atoms. The fourth-order valence-corrected chi connectivity index (χ4v) is 2.93. The van der Waals surface area contributed by atoms with Gasteiger partial charge in [0.1, 0.15) is 5.75 Å². The van der Waals surface area contributed by atoms with Crippen LogP contribution < -0.4 is 15.8 Å². The fraction of sp³-hybridized carbons (Fsp3) is 0.625. The molecule has 0 aromatic heterocycles. The van der Waals surface area contributed by atoms with Crippen LogP contribution in [0.5, 0.6) is 5.75 Å². The van der Waals surface area contributed by atoms with Crippen LogP contribution in [-0.4, -0.2) is 12.6 Å². The first-order chi connectivity index (χ1) is 9.22. The first-order valence-corrected chi connectivity index (χ1v) is 7.51. The van der Waals surface area contributed by atoms with E-state index in [-0.39, 0.29) is 0 Å². The van der Waals surface area contributed by atoms with Crippen molar-refractivity contribution in [3.63, 3.8) is 0 Å². The molecule has 3 heteroatoms. The molecule has 0 heterocycles. The van der Waals surface area contributed by atoms with Crippen LogP contribution in [0.25, 0.3) is 0 Å². The number of nitrogen functional groups attached to an aromatic ring is 1. The summed E-state index contributed by atoms with van der Waals surface area (Å²) in [5, 5.41) is 3.64. The highest BCUT2D eigenvalue weighted by molar-refractivity contribution is 5.61. The van der Waals surface area contributed by atoms with Crippen molar-refractivity contribution >= 4 is 11.4 Å². The van der Waals surface area contributed by atoms with Gasteiger partial charge in [-0.25, -0.2) is 0 Å². The van der Waals surface area contributed by atoms with Gasteiger partial charge in [0.25, 0.3) is 0 Å². The van der Waals surface area contributed by atoms with Crippen molar-refractivity contribution in [3.8, 4) is 5.75 Å². The molecule has 3 nitrogen and oxygen atoms in total. The van der Waals surface area contributed by atoms with Gasteiger partial charge in [-0.15, -0.1) is 0 Å². The lowest BCUT2D eigenvalue weighted by atomic mass is 9.84. The Morgan fingerprint density at radius 2 is 2.16 bits per heavy atom. The van der Waals surface area contributed by atoms with Gasteiger partial charge in [0.15, 0.2) is 0 Å². The molecular formula is C16H26N2O. The maximum atomic E-state index is 5.90. The molecule has 2 atom stereocenters. The summed E-state index contributed by atoms with van der Waals surface area (Å²) in [6.07, 6.45) is 6.57. The summed E-state index contributed by atoms with van der Waals surface area (Å²) in [4.78, 5) is 0.